The van der Waals surface area contributed by atoms with E-state index in [1.54, 1.807) is 31.5 Å². The van der Waals surface area contributed by atoms with Crippen molar-refractivity contribution in [2.75, 3.05) is 12.4 Å². The Morgan fingerprint density at radius 1 is 1.40 bits per heavy atom. The number of methoxy groups -OCH3 is 1. The zero-order valence-electron chi connectivity index (χ0n) is 11.0. The van der Waals surface area contributed by atoms with E-state index in [0.29, 0.717) is 15.4 Å². The molecule has 2 N–H and O–H groups in total. The molecule has 6 heteroatoms. The molecule has 0 amide bonds. The van der Waals surface area contributed by atoms with Gasteiger partial charge < -0.3 is 15.2 Å². The summed E-state index contributed by atoms with van der Waals surface area (Å²) in [4.78, 5) is 4.05. The van der Waals surface area contributed by atoms with Crippen molar-refractivity contribution in [1.29, 1.82) is 0 Å². The van der Waals surface area contributed by atoms with Crippen LogP contribution in [0.5, 0.6) is 11.5 Å². The van der Waals surface area contributed by atoms with Gasteiger partial charge in [-0.15, -0.1) is 0 Å². The molecule has 0 saturated heterocycles. The van der Waals surface area contributed by atoms with Gasteiger partial charge in [0.05, 0.1) is 29.5 Å². The van der Waals surface area contributed by atoms with Gasteiger partial charge >= 0.3 is 0 Å². The Morgan fingerprint density at radius 3 is 2.80 bits per heavy atom. The number of aromatic hydroxyl groups is 1. The van der Waals surface area contributed by atoms with Gasteiger partial charge in [-0.25, -0.2) is 4.98 Å². The number of rotatable bonds is 4. The summed E-state index contributed by atoms with van der Waals surface area (Å²) >= 11 is 9.18. The molecule has 0 saturated carbocycles. The van der Waals surface area contributed by atoms with E-state index < -0.39 is 0 Å². The van der Waals surface area contributed by atoms with Crippen molar-refractivity contribution in [2.45, 2.75) is 13.0 Å². The highest BCUT2D eigenvalue weighted by Gasteiger charge is 2.12. The molecule has 2 rings (SSSR count). The summed E-state index contributed by atoms with van der Waals surface area (Å²) in [6.07, 6.45) is 1.64. The number of nitrogens with zero attached hydrogens (tertiary/aromatic N) is 1. The minimum Gasteiger partial charge on any atom is -0.508 e. The molecule has 0 aliphatic rings. The molecule has 0 radical (unpaired) electrons. The molecule has 1 unspecified atom stereocenters. The lowest BCUT2D eigenvalue weighted by molar-refractivity contribution is 0.410. The first-order valence-corrected chi connectivity index (χ1v) is 7.13. The molecule has 0 aliphatic carbocycles. The number of pyridine rings is 1. The van der Waals surface area contributed by atoms with E-state index in [9.17, 15) is 5.11 Å². The van der Waals surface area contributed by atoms with Gasteiger partial charge in [0.15, 0.2) is 0 Å². The summed E-state index contributed by atoms with van der Waals surface area (Å²) in [7, 11) is 1.59. The SMILES string of the molecule is COc1ccc(O)c(C(C)Nc2cnc(Cl)c(Br)c2)c1. The molecule has 1 atom stereocenters. The maximum absolute atomic E-state index is 9.94. The van der Waals surface area contributed by atoms with E-state index in [1.807, 2.05) is 13.0 Å². The number of benzene rings is 1. The van der Waals surface area contributed by atoms with Gasteiger partial charge in [-0.1, -0.05) is 11.6 Å². The zero-order chi connectivity index (χ0) is 14.7. The van der Waals surface area contributed by atoms with Crippen LogP contribution in [-0.2, 0) is 0 Å². The van der Waals surface area contributed by atoms with Crippen LogP contribution in [0.15, 0.2) is 34.9 Å². The highest BCUT2D eigenvalue weighted by atomic mass is 79.9. The lowest BCUT2D eigenvalue weighted by atomic mass is 10.1. The Kier molecular flexibility index (Phi) is 4.73. The number of hydrogen-bond acceptors (Lipinski definition) is 4. The van der Waals surface area contributed by atoms with Crippen LogP contribution in [-0.4, -0.2) is 17.2 Å². The second-order valence-electron chi connectivity index (χ2n) is 4.29. The maximum Gasteiger partial charge on any atom is 0.143 e. The average molecular weight is 358 g/mol. The van der Waals surface area contributed by atoms with Gasteiger partial charge in [-0.2, -0.15) is 0 Å². The van der Waals surface area contributed by atoms with E-state index in [1.165, 1.54) is 0 Å². The standard InChI is InChI=1S/C14H14BrClN2O2/c1-8(11-6-10(20-2)3-4-13(11)19)18-9-5-12(15)14(16)17-7-9/h3-8,18-19H,1-2H3. The summed E-state index contributed by atoms with van der Waals surface area (Å²) in [6, 6.07) is 6.85. The third kappa shape index (κ3) is 3.35. The van der Waals surface area contributed by atoms with Crippen LogP contribution in [0.1, 0.15) is 18.5 Å². The largest absolute Gasteiger partial charge is 0.508 e. The molecule has 20 heavy (non-hydrogen) atoms. The van der Waals surface area contributed by atoms with Crippen molar-refractivity contribution in [1.82, 2.24) is 4.98 Å². The average Bonchev–Trinajstić information content (AvgIpc) is 2.43. The summed E-state index contributed by atoms with van der Waals surface area (Å²) < 4.78 is 5.88. The lowest BCUT2D eigenvalue weighted by Crippen LogP contribution is -2.07. The molecule has 4 nitrogen and oxygen atoms in total. The quantitative estimate of drug-likeness (QED) is 0.797. The van der Waals surface area contributed by atoms with Crippen LogP contribution in [0.3, 0.4) is 0 Å². The van der Waals surface area contributed by atoms with E-state index in [2.05, 4.69) is 26.2 Å². The van der Waals surface area contributed by atoms with Crippen molar-refractivity contribution in [3.8, 4) is 11.5 Å². The second-order valence-corrected chi connectivity index (χ2v) is 5.50. The number of nitrogens with one attached hydrogen (secondary N) is 1. The van der Waals surface area contributed by atoms with E-state index in [4.69, 9.17) is 16.3 Å². The van der Waals surface area contributed by atoms with Gasteiger partial charge in [-0.05, 0) is 47.1 Å². The molecule has 0 spiro atoms. The Hall–Kier alpha value is -1.46. The number of aromatic nitrogens is 1. The first-order chi connectivity index (χ1) is 9.51. The second kappa shape index (κ2) is 6.33. The normalized spacial score (nSPS) is 12.0. The van der Waals surface area contributed by atoms with Crippen LogP contribution in [0.2, 0.25) is 5.15 Å². The predicted molar refractivity (Wildman–Crippen MR) is 83.6 cm³/mol. The number of halogens is 2. The minimum absolute atomic E-state index is 0.111. The fourth-order valence-corrected chi connectivity index (χ4v) is 2.29. The number of ether oxygens (including phenoxy) is 1. The van der Waals surface area contributed by atoms with Crippen molar-refractivity contribution in [3.63, 3.8) is 0 Å². The number of phenols is 1. The number of anilines is 1. The molecule has 2 aromatic rings. The summed E-state index contributed by atoms with van der Waals surface area (Å²) in [5, 5.41) is 13.6. The molecule has 0 fully saturated rings. The van der Waals surface area contributed by atoms with Gasteiger partial charge in [0.1, 0.15) is 16.7 Å². The molecule has 0 bridgehead atoms. The van der Waals surface area contributed by atoms with Crippen molar-refractivity contribution >= 4 is 33.2 Å². The first-order valence-electron chi connectivity index (χ1n) is 5.95. The topological polar surface area (TPSA) is 54.4 Å². The van der Waals surface area contributed by atoms with Gasteiger partial charge in [0.25, 0.3) is 0 Å². The summed E-state index contributed by atoms with van der Waals surface area (Å²) in [5.74, 6) is 0.911. The van der Waals surface area contributed by atoms with Crippen LogP contribution >= 0.6 is 27.5 Å². The van der Waals surface area contributed by atoms with Crippen molar-refractivity contribution in [2.24, 2.45) is 0 Å². The van der Waals surface area contributed by atoms with Crippen LogP contribution in [0.25, 0.3) is 0 Å². The van der Waals surface area contributed by atoms with Gasteiger partial charge in [0.2, 0.25) is 0 Å². The molecule has 0 aliphatic heterocycles. The first kappa shape index (κ1) is 14.9. The molecule has 1 aromatic carbocycles. The van der Waals surface area contributed by atoms with Crippen LogP contribution in [0, 0.1) is 0 Å². The predicted octanol–water partition coefficient (Wildman–Crippen LogP) is 4.38. The Morgan fingerprint density at radius 2 is 2.15 bits per heavy atom. The number of phenolic OH excluding ortho intramolecular Hbond substituents is 1. The molecule has 1 heterocycles. The van der Waals surface area contributed by atoms with Crippen LogP contribution in [0.4, 0.5) is 5.69 Å². The minimum atomic E-state index is -0.111. The molecular weight excluding hydrogens is 344 g/mol. The number of hydrogen-bond donors (Lipinski definition) is 2. The van der Waals surface area contributed by atoms with E-state index in [-0.39, 0.29) is 11.8 Å². The lowest BCUT2D eigenvalue weighted by Gasteiger charge is -2.17. The van der Waals surface area contributed by atoms with Gasteiger partial charge in [-0.3, -0.25) is 0 Å². The third-order valence-corrected chi connectivity index (χ3v) is 4.01. The smallest absolute Gasteiger partial charge is 0.143 e. The fourth-order valence-electron chi connectivity index (χ4n) is 1.83. The molecule has 106 valence electrons. The third-order valence-electron chi connectivity index (χ3n) is 2.88. The maximum atomic E-state index is 9.94. The summed E-state index contributed by atoms with van der Waals surface area (Å²) in [6.45, 7) is 1.94. The Labute approximate surface area is 130 Å². The van der Waals surface area contributed by atoms with E-state index >= 15 is 0 Å². The molecule has 1 aromatic heterocycles. The Balaban J connectivity index is 2.23. The fraction of sp³-hybridized carbons (Fsp3) is 0.214. The summed E-state index contributed by atoms with van der Waals surface area (Å²) in [5.41, 5.74) is 1.55. The van der Waals surface area contributed by atoms with Crippen LogP contribution < -0.4 is 10.1 Å². The van der Waals surface area contributed by atoms with Crippen molar-refractivity contribution < 1.29 is 9.84 Å². The van der Waals surface area contributed by atoms with Crippen molar-refractivity contribution in [3.05, 3.63) is 45.7 Å². The monoisotopic (exact) mass is 356 g/mol. The highest BCUT2D eigenvalue weighted by molar-refractivity contribution is 9.10. The molecular formula is C14H14BrClN2O2. The highest BCUT2D eigenvalue weighted by Crippen LogP contribution is 2.31. The Bertz CT molecular complexity index is 622. The van der Waals surface area contributed by atoms with E-state index in [0.717, 1.165) is 11.3 Å². The van der Waals surface area contributed by atoms with Gasteiger partial charge in [0, 0.05) is 5.56 Å². The zero-order valence-corrected chi connectivity index (χ0v) is 13.4.